The first-order valence-electron chi connectivity index (χ1n) is 7.05. The van der Waals surface area contributed by atoms with Crippen molar-refractivity contribution in [2.45, 2.75) is 19.4 Å². The molecule has 0 aliphatic carbocycles. The lowest BCUT2D eigenvalue weighted by Gasteiger charge is -2.06. The van der Waals surface area contributed by atoms with Gasteiger partial charge in [-0.1, -0.05) is 18.2 Å². The maximum atomic E-state index is 10.7. The third-order valence-electron chi connectivity index (χ3n) is 3.91. The van der Waals surface area contributed by atoms with Crippen LogP contribution in [0.5, 0.6) is 0 Å². The number of rotatable bonds is 3. The first kappa shape index (κ1) is 12.1. The molecular formula is C17H14N2O2. The van der Waals surface area contributed by atoms with Gasteiger partial charge in [0.1, 0.15) is 11.6 Å². The molecule has 4 nitrogen and oxygen atoms in total. The molecule has 4 heteroatoms. The van der Waals surface area contributed by atoms with Gasteiger partial charge >= 0.3 is 0 Å². The smallest absolute Gasteiger partial charge is 0.185 e. The van der Waals surface area contributed by atoms with Crippen LogP contribution in [0.1, 0.15) is 22.8 Å². The molecule has 0 atom stereocenters. The molecule has 1 aliphatic rings. The third kappa shape index (κ3) is 2.00. The van der Waals surface area contributed by atoms with Gasteiger partial charge in [-0.15, -0.1) is 0 Å². The zero-order valence-electron chi connectivity index (χ0n) is 11.5. The third-order valence-corrected chi connectivity index (χ3v) is 3.91. The number of carbonyl (C=O) groups excluding carboxylic acids is 1. The normalized spacial score (nSPS) is 13.3. The molecule has 104 valence electrons. The molecule has 0 amide bonds. The molecule has 0 bridgehead atoms. The number of imidazole rings is 1. The van der Waals surface area contributed by atoms with E-state index >= 15 is 0 Å². The highest BCUT2D eigenvalue weighted by Crippen LogP contribution is 2.29. The van der Waals surface area contributed by atoms with Crippen LogP contribution in [0.3, 0.4) is 0 Å². The minimum atomic E-state index is 0.348. The molecule has 0 N–H and O–H groups in total. The van der Waals surface area contributed by atoms with Crippen molar-refractivity contribution in [3.63, 3.8) is 0 Å². The number of furan rings is 1. The van der Waals surface area contributed by atoms with E-state index in [1.807, 2.05) is 24.4 Å². The molecular weight excluding hydrogens is 264 g/mol. The lowest BCUT2D eigenvalue weighted by molar-refractivity contribution is 0.110. The average Bonchev–Trinajstić information content (AvgIpc) is 3.23. The molecule has 0 fully saturated rings. The Morgan fingerprint density at radius 1 is 1.19 bits per heavy atom. The monoisotopic (exact) mass is 278 g/mol. The maximum absolute atomic E-state index is 10.7. The van der Waals surface area contributed by atoms with Gasteiger partial charge in [-0.2, -0.15) is 0 Å². The Morgan fingerprint density at radius 2 is 2.10 bits per heavy atom. The van der Waals surface area contributed by atoms with Gasteiger partial charge in [0, 0.05) is 24.1 Å². The van der Waals surface area contributed by atoms with Crippen molar-refractivity contribution in [3.8, 4) is 22.6 Å². The summed E-state index contributed by atoms with van der Waals surface area (Å²) in [4.78, 5) is 15.2. The number of nitrogens with zero attached hydrogens (tertiary/aromatic N) is 2. The van der Waals surface area contributed by atoms with Crippen molar-refractivity contribution in [1.29, 1.82) is 0 Å². The molecule has 0 saturated carbocycles. The van der Waals surface area contributed by atoms with Crippen LogP contribution in [0.4, 0.5) is 0 Å². The summed E-state index contributed by atoms with van der Waals surface area (Å²) >= 11 is 0. The van der Waals surface area contributed by atoms with Gasteiger partial charge in [-0.3, -0.25) is 4.79 Å². The zero-order chi connectivity index (χ0) is 14.2. The summed E-state index contributed by atoms with van der Waals surface area (Å²) in [5.41, 5.74) is 3.23. The van der Waals surface area contributed by atoms with Gasteiger partial charge in [-0.25, -0.2) is 4.98 Å². The predicted octanol–water partition coefficient (Wildman–Crippen LogP) is 3.57. The van der Waals surface area contributed by atoms with E-state index in [9.17, 15) is 4.79 Å². The van der Waals surface area contributed by atoms with Crippen LogP contribution in [-0.4, -0.2) is 15.8 Å². The second-order valence-corrected chi connectivity index (χ2v) is 5.22. The minimum Gasteiger partial charge on any atom is -0.453 e. The first-order chi connectivity index (χ1) is 10.3. The SMILES string of the molecule is O=Cc1ccc(-c2cccc(-c3cnc4n3CCC4)c2)o1. The Bertz CT molecular complexity index is 814. The summed E-state index contributed by atoms with van der Waals surface area (Å²) in [7, 11) is 0. The number of aldehydes is 1. The van der Waals surface area contributed by atoms with E-state index in [-0.39, 0.29) is 0 Å². The number of hydrogen-bond donors (Lipinski definition) is 0. The van der Waals surface area contributed by atoms with Crippen LogP contribution >= 0.6 is 0 Å². The fraction of sp³-hybridized carbons (Fsp3) is 0.176. The van der Waals surface area contributed by atoms with E-state index in [2.05, 4.69) is 21.7 Å². The summed E-state index contributed by atoms with van der Waals surface area (Å²) in [6.45, 7) is 1.03. The Hall–Kier alpha value is -2.62. The summed E-state index contributed by atoms with van der Waals surface area (Å²) < 4.78 is 7.77. The fourth-order valence-corrected chi connectivity index (χ4v) is 2.89. The zero-order valence-corrected chi connectivity index (χ0v) is 11.5. The fourth-order valence-electron chi connectivity index (χ4n) is 2.89. The lowest BCUT2D eigenvalue weighted by Crippen LogP contribution is -1.95. The van der Waals surface area contributed by atoms with Crippen molar-refractivity contribution in [3.05, 3.63) is 54.2 Å². The van der Waals surface area contributed by atoms with Gasteiger partial charge < -0.3 is 8.98 Å². The number of aryl methyl sites for hydroxylation is 1. The average molecular weight is 278 g/mol. The molecule has 0 unspecified atom stereocenters. The van der Waals surface area contributed by atoms with Crippen LogP contribution in [0.2, 0.25) is 0 Å². The standard InChI is InChI=1S/C17H14N2O2/c20-11-14-6-7-16(21-14)13-4-1-3-12(9-13)15-10-18-17-5-2-8-19(15)17/h1,3-4,6-7,9-11H,2,5,8H2. The van der Waals surface area contributed by atoms with E-state index < -0.39 is 0 Å². The molecule has 4 rings (SSSR count). The van der Waals surface area contributed by atoms with Crippen molar-refractivity contribution in [2.24, 2.45) is 0 Å². The largest absolute Gasteiger partial charge is 0.453 e. The van der Waals surface area contributed by atoms with Crippen molar-refractivity contribution < 1.29 is 9.21 Å². The minimum absolute atomic E-state index is 0.348. The number of aromatic nitrogens is 2. The van der Waals surface area contributed by atoms with E-state index in [1.165, 1.54) is 0 Å². The van der Waals surface area contributed by atoms with E-state index in [0.29, 0.717) is 11.5 Å². The van der Waals surface area contributed by atoms with Crippen molar-refractivity contribution in [2.75, 3.05) is 0 Å². The molecule has 1 aromatic carbocycles. The summed E-state index contributed by atoms with van der Waals surface area (Å²) in [5, 5.41) is 0. The Kier molecular flexibility index (Phi) is 2.74. The Morgan fingerprint density at radius 3 is 2.95 bits per heavy atom. The number of hydrogen-bond acceptors (Lipinski definition) is 3. The van der Waals surface area contributed by atoms with Crippen LogP contribution < -0.4 is 0 Å². The predicted molar refractivity (Wildman–Crippen MR) is 79.1 cm³/mol. The summed E-state index contributed by atoms with van der Waals surface area (Å²) in [6, 6.07) is 11.7. The highest BCUT2D eigenvalue weighted by atomic mass is 16.3. The van der Waals surface area contributed by atoms with Crippen LogP contribution in [-0.2, 0) is 13.0 Å². The Labute approximate surface area is 122 Å². The summed E-state index contributed by atoms with van der Waals surface area (Å²) in [5.74, 6) is 2.22. The molecule has 21 heavy (non-hydrogen) atoms. The summed E-state index contributed by atoms with van der Waals surface area (Å²) in [6.07, 6.45) is 4.88. The lowest BCUT2D eigenvalue weighted by atomic mass is 10.1. The van der Waals surface area contributed by atoms with E-state index in [1.54, 1.807) is 6.07 Å². The van der Waals surface area contributed by atoms with Gasteiger partial charge in [0.25, 0.3) is 0 Å². The number of carbonyl (C=O) groups is 1. The van der Waals surface area contributed by atoms with Crippen LogP contribution in [0.25, 0.3) is 22.6 Å². The van der Waals surface area contributed by atoms with Crippen molar-refractivity contribution in [1.82, 2.24) is 9.55 Å². The van der Waals surface area contributed by atoms with Crippen LogP contribution in [0, 0.1) is 0 Å². The highest BCUT2D eigenvalue weighted by molar-refractivity contribution is 5.74. The van der Waals surface area contributed by atoms with Gasteiger partial charge in [0.2, 0.25) is 0 Å². The molecule has 3 aromatic rings. The molecule has 2 aromatic heterocycles. The molecule has 0 spiro atoms. The van der Waals surface area contributed by atoms with Gasteiger partial charge in [-0.05, 0) is 24.6 Å². The van der Waals surface area contributed by atoms with E-state index in [4.69, 9.17) is 4.42 Å². The second-order valence-electron chi connectivity index (χ2n) is 5.22. The first-order valence-corrected chi connectivity index (χ1v) is 7.05. The number of fused-ring (bicyclic) bond motifs is 1. The second kappa shape index (κ2) is 4.74. The van der Waals surface area contributed by atoms with Crippen LogP contribution in [0.15, 0.2) is 47.0 Å². The highest BCUT2D eigenvalue weighted by Gasteiger charge is 2.17. The topological polar surface area (TPSA) is 48.0 Å². The van der Waals surface area contributed by atoms with Crippen molar-refractivity contribution >= 4 is 6.29 Å². The molecule has 0 radical (unpaired) electrons. The van der Waals surface area contributed by atoms with E-state index in [0.717, 1.165) is 48.3 Å². The Balaban J connectivity index is 1.77. The molecule has 0 saturated heterocycles. The molecule has 3 heterocycles. The number of benzene rings is 1. The maximum Gasteiger partial charge on any atom is 0.185 e. The van der Waals surface area contributed by atoms with Gasteiger partial charge in [0.15, 0.2) is 12.0 Å². The van der Waals surface area contributed by atoms with Gasteiger partial charge in [0.05, 0.1) is 11.9 Å². The quantitative estimate of drug-likeness (QED) is 0.688. The molecule has 1 aliphatic heterocycles.